The predicted octanol–water partition coefficient (Wildman–Crippen LogP) is 5.01. The van der Waals surface area contributed by atoms with Gasteiger partial charge in [0.05, 0.1) is 9.85 Å². The number of hydrogen-bond donors (Lipinski definition) is 0. The van der Waals surface area contributed by atoms with Gasteiger partial charge in [-0.25, -0.2) is 0 Å². The molecule has 0 N–H and O–H groups in total. The molecule has 0 atom stereocenters. The number of ether oxygens (including phenoxy) is 1. The van der Waals surface area contributed by atoms with Gasteiger partial charge in [0, 0.05) is 35.4 Å². The van der Waals surface area contributed by atoms with E-state index in [4.69, 9.17) is 9.15 Å². The lowest BCUT2D eigenvalue weighted by Gasteiger charge is -2.05. The van der Waals surface area contributed by atoms with Gasteiger partial charge in [-0.1, -0.05) is 6.07 Å². The molecule has 148 valence electrons. The number of aromatic nitrogens is 2. The first-order valence-electron chi connectivity index (χ1n) is 8.61. The summed E-state index contributed by atoms with van der Waals surface area (Å²) >= 11 is 0. The summed E-state index contributed by atoms with van der Waals surface area (Å²) in [6.45, 7) is 0. The van der Waals surface area contributed by atoms with Gasteiger partial charge >= 0.3 is 0 Å². The van der Waals surface area contributed by atoms with Crippen LogP contribution in [0.2, 0.25) is 0 Å². The first-order valence-corrected chi connectivity index (χ1v) is 8.61. The standard InChI is InChI=1S/C20H12N4O6/c25-23(26)15-6-10-18(11-7-15)29-17-8-4-13(5-9-17)19-21-22-20(30-19)14-2-1-3-16(12-14)24(27)28/h1-12H. The van der Waals surface area contributed by atoms with Crippen molar-refractivity contribution in [3.8, 4) is 34.4 Å². The van der Waals surface area contributed by atoms with Gasteiger partial charge in [-0.05, 0) is 42.5 Å². The molecule has 4 rings (SSSR count). The summed E-state index contributed by atoms with van der Waals surface area (Å²) in [7, 11) is 0. The summed E-state index contributed by atoms with van der Waals surface area (Å²) in [5.74, 6) is 1.39. The van der Waals surface area contributed by atoms with Crippen LogP contribution in [0.3, 0.4) is 0 Å². The van der Waals surface area contributed by atoms with Crippen molar-refractivity contribution < 1.29 is 19.0 Å². The highest BCUT2D eigenvalue weighted by Gasteiger charge is 2.14. The predicted molar refractivity (Wildman–Crippen MR) is 105 cm³/mol. The van der Waals surface area contributed by atoms with Crippen molar-refractivity contribution in [1.82, 2.24) is 10.2 Å². The molecule has 0 saturated carbocycles. The minimum absolute atomic E-state index is 0.0198. The van der Waals surface area contributed by atoms with Crippen LogP contribution in [0.4, 0.5) is 11.4 Å². The van der Waals surface area contributed by atoms with Crippen LogP contribution in [0.1, 0.15) is 0 Å². The number of nitrogens with zero attached hydrogens (tertiary/aromatic N) is 4. The average Bonchev–Trinajstić information content (AvgIpc) is 3.25. The number of rotatable bonds is 6. The van der Waals surface area contributed by atoms with E-state index in [0.29, 0.717) is 22.6 Å². The third kappa shape index (κ3) is 3.97. The van der Waals surface area contributed by atoms with Crippen LogP contribution in [0.25, 0.3) is 22.9 Å². The van der Waals surface area contributed by atoms with Gasteiger partial charge in [0.25, 0.3) is 11.4 Å². The monoisotopic (exact) mass is 404 g/mol. The molecule has 0 aliphatic carbocycles. The molecular weight excluding hydrogens is 392 g/mol. The molecule has 0 spiro atoms. The first kappa shape index (κ1) is 18.7. The maximum Gasteiger partial charge on any atom is 0.270 e. The highest BCUT2D eigenvalue weighted by Crippen LogP contribution is 2.29. The van der Waals surface area contributed by atoms with Crippen LogP contribution in [-0.4, -0.2) is 20.0 Å². The second kappa shape index (κ2) is 7.80. The highest BCUT2D eigenvalue weighted by molar-refractivity contribution is 5.60. The quantitative estimate of drug-likeness (QED) is 0.323. The van der Waals surface area contributed by atoms with E-state index in [1.807, 2.05) is 0 Å². The molecule has 1 heterocycles. The SMILES string of the molecule is O=[N+]([O-])c1ccc(Oc2ccc(-c3nnc(-c4cccc([N+](=O)[O-])c4)o3)cc2)cc1. The largest absolute Gasteiger partial charge is 0.457 e. The minimum atomic E-state index is -0.496. The molecule has 0 unspecified atom stereocenters. The van der Waals surface area contributed by atoms with Gasteiger partial charge in [-0.2, -0.15) is 0 Å². The summed E-state index contributed by atoms with van der Waals surface area (Å²) in [5.41, 5.74) is 0.991. The molecule has 10 heteroatoms. The molecule has 30 heavy (non-hydrogen) atoms. The van der Waals surface area contributed by atoms with Crippen LogP contribution in [0.15, 0.2) is 77.2 Å². The molecule has 0 aliphatic rings. The van der Waals surface area contributed by atoms with E-state index in [0.717, 1.165) is 0 Å². The van der Waals surface area contributed by atoms with Crippen molar-refractivity contribution in [2.24, 2.45) is 0 Å². The maximum absolute atomic E-state index is 10.9. The molecule has 0 bridgehead atoms. The number of nitro groups is 2. The molecular formula is C20H12N4O6. The van der Waals surface area contributed by atoms with Crippen molar-refractivity contribution in [2.75, 3.05) is 0 Å². The van der Waals surface area contributed by atoms with Crippen LogP contribution >= 0.6 is 0 Å². The number of benzene rings is 3. The number of nitro benzene ring substituents is 2. The number of hydrogen-bond acceptors (Lipinski definition) is 8. The summed E-state index contributed by atoms with van der Waals surface area (Å²) in [4.78, 5) is 20.6. The molecule has 4 aromatic rings. The second-order valence-electron chi connectivity index (χ2n) is 6.10. The van der Waals surface area contributed by atoms with Gasteiger partial charge in [0.15, 0.2) is 0 Å². The Bertz CT molecular complexity index is 1220. The van der Waals surface area contributed by atoms with E-state index in [9.17, 15) is 20.2 Å². The fourth-order valence-electron chi connectivity index (χ4n) is 2.65. The van der Waals surface area contributed by atoms with Gasteiger partial charge in [0.2, 0.25) is 11.8 Å². The van der Waals surface area contributed by atoms with E-state index in [2.05, 4.69) is 10.2 Å². The van der Waals surface area contributed by atoms with E-state index in [1.54, 1.807) is 36.4 Å². The lowest BCUT2D eigenvalue weighted by Crippen LogP contribution is -1.88. The molecule has 1 aromatic heterocycles. The van der Waals surface area contributed by atoms with Crippen LogP contribution < -0.4 is 4.74 Å². The summed E-state index contributed by atoms with van der Waals surface area (Å²) in [5, 5.41) is 29.6. The van der Waals surface area contributed by atoms with Crippen molar-refractivity contribution in [3.05, 3.63) is 93.0 Å². The Hall–Kier alpha value is -4.60. The lowest BCUT2D eigenvalue weighted by molar-refractivity contribution is -0.385. The Labute approximate surface area is 168 Å². The van der Waals surface area contributed by atoms with Crippen molar-refractivity contribution in [2.45, 2.75) is 0 Å². The van der Waals surface area contributed by atoms with Crippen molar-refractivity contribution in [1.29, 1.82) is 0 Å². The Morgan fingerprint density at radius 1 is 0.700 bits per heavy atom. The Balaban J connectivity index is 1.50. The minimum Gasteiger partial charge on any atom is -0.457 e. The molecule has 0 saturated heterocycles. The van der Waals surface area contributed by atoms with Crippen LogP contribution in [-0.2, 0) is 0 Å². The van der Waals surface area contributed by atoms with Gasteiger partial charge < -0.3 is 9.15 Å². The van der Waals surface area contributed by atoms with E-state index in [-0.39, 0.29) is 23.2 Å². The summed E-state index contributed by atoms with van der Waals surface area (Å²) < 4.78 is 11.3. The third-order valence-corrected chi connectivity index (χ3v) is 4.11. The van der Waals surface area contributed by atoms with Gasteiger partial charge in [-0.3, -0.25) is 20.2 Å². The summed E-state index contributed by atoms with van der Waals surface area (Å²) in [6, 6.07) is 18.5. The van der Waals surface area contributed by atoms with Crippen molar-refractivity contribution in [3.63, 3.8) is 0 Å². The smallest absolute Gasteiger partial charge is 0.270 e. The zero-order chi connectivity index (χ0) is 21.1. The molecule has 0 radical (unpaired) electrons. The van der Waals surface area contributed by atoms with E-state index >= 15 is 0 Å². The first-order chi connectivity index (χ1) is 14.5. The van der Waals surface area contributed by atoms with Crippen LogP contribution in [0.5, 0.6) is 11.5 Å². The Morgan fingerprint density at radius 3 is 1.87 bits per heavy atom. The zero-order valence-electron chi connectivity index (χ0n) is 15.2. The maximum atomic E-state index is 10.9. The molecule has 0 fully saturated rings. The zero-order valence-corrected chi connectivity index (χ0v) is 15.2. The fourth-order valence-corrected chi connectivity index (χ4v) is 2.65. The molecule has 3 aromatic carbocycles. The van der Waals surface area contributed by atoms with Gasteiger partial charge in [0.1, 0.15) is 11.5 Å². The van der Waals surface area contributed by atoms with E-state index < -0.39 is 9.85 Å². The van der Waals surface area contributed by atoms with Gasteiger partial charge in [-0.15, -0.1) is 10.2 Å². The van der Waals surface area contributed by atoms with Crippen LogP contribution in [0, 0.1) is 20.2 Å². The topological polar surface area (TPSA) is 134 Å². The normalized spacial score (nSPS) is 10.5. The van der Waals surface area contributed by atoms with Crippen molar-refractivity contribution >= 4 is 11.4 Å². The fraction of sp³-hybridized carbons (Fsp3) is 0. The lowest BCUT2D eigenvalue weighted by atomic mass is 10.2. The Kier molecular flexibility index (Phi) is 4.87. The molecule has 0 aliphatic heterocycles. The molecule has 0 amide bonds. The summed E-state index contributed by atoms with van der Waals surface area (Å²) in [6.07, 6.45) is 0. The average molecular weight is 404 g/mol. The third-order valence-electron chi connectivity index (χ3n) is 4.11. The Morgan fingerprint density at radius 2 is 1.27 bits per heavy atom. The highest BCUT2D eigenvalue weighted by atomic mass is 16.6. The molecule has 10 nitrogen and oxygen atoms in total. The second-order valence-corrected chi connectivity index (χ2v) is 6.10. The number of non-ortho nitro benzene ring substituents is 2. The van der Waals surface area contributed by atoms with E-state index in [1.165, 1.54) is 36.4 Å².